The van der Waals surface area contributed by atoms with Gasteiger partial charge in [0, 0.05) is 12.1 Å². The number of hydrogen-bond donors (Lipinski definition) is 2. The zero-order valence-electron chi connectivity index (χ0n) is 10.7. The van der Waals surface area contributed by atoms with E-state index in [4.69, 9.17) is 5.73 Å². The summed E-state index contributed by atoms with van der Waals surface area (Å²) in [6.07, 6.45) is 6.54. The van der Waals surface area contributed by atoms with Gasteiger partial charge in [0.1, 0.15) is 5.82 Å². The lowest BCUT2D eigenvalue weighted by atomic mass is 9.82. The molecule has 1 heterocycles. The molecule has 1 fully saturated rings. The first-order valence-electron chi connectivity index (χ1n) is 6.54. The monoisotopic (exact) mass is 248 g/mol. The first kappa shape index (κ1) is 12.9. The van der Waals surface area contributed by atoms with E-state index in [1.807, 2.05) is 13.0 Å². The summed E-state index contributed by atoms with van der Waals surface area (Å²) in [5.41, 5.74) is 7.89. The summed E-state index contributed by atoms with van der Waals surface area (Å²) in [7, 11) is 0. The van der Waals surface area contributed by atoms with Crippen LogP contribution in [0.5, 0.6) is 0 Å². The summed E-state index contributed by atoms with van der Waals surface area (Å²) in [5, 5.41) is 9.39. The molecule has 2 unspecified atom stereocenters. The van der Waals surface area contributed by atoms with Crippen molar-refractivity contribution in [3.8, 4) is 0 Å². The number of carboxylic acid groups (broad SMARTS) is 1. The number of nitrogens with zero attached hydrogens (tertiary/aromatic N) is 1. The second-order valence-electron chi connectivity index (χ2n) is 5.18. The topological polar surface area (TPSA) is 76.2 Å². The van der Waals surface area contributed by atoms with E-state index in [9.17, 15) is 9.90 Å². The quantitative estimate of drug-likeness (QED) is 0.789. The second kappa shape index (κ2) is 5.38. The molecule has 0 amide bonds. The van der Waals surface area contributed by atoms with Gasteiger partial charge in [0.25, 0.3) is 0 Å². The molecule has 0 bridgehead atoms. The molecule has 0 spiro atoms. The number of carbonyl (C=O) groups is 1. The molecule has 18 heavy (non-hydrogen) atoms. The minimum absolute atomic E-state index is 0.0115. The smallest absolute Gasteiger partial charge is 0.307 e. The van der Waals surface area contributed by atoms with Crippen molar-refractivity contribution in [2.24, 2.45) is 5.92 Å². The van der Waals surface area contributed by atoms with Gasteiger partial charge in [-0.1, -0.05) is 25.3 Å². The highest BCUT2D eigenvalue weighted by atomic mass is 16.4. The molecule has 3 N–H and O–H groups in total. The number of aromatic nitrogens is 1. The lowest BCUT2D eigenvalue weighted by Crippen LogP contribution is -2.22. The van der Waals surface area contributed by atoms with E-state index < -0.39 is 5.97 Å². The van der Waals surface area contributed by atoms with Gasteiger partial charge in [-0.2, -0.15) is 0 Å². The normalized spacial score (nSPS) is 24.5. The average Bonchev–Trinajstić information content (AvgIpc) is 2.57. The van der Waals surface area contributed by atoms with Gasteiger partial charge >= 0.3 is 5.97 Å². The molecule has 2 atom stereocenters. The number of aliphatic carboxylic acids is 1. The highest BCUT2D eigenvalue weighted by Gasteiger charge is 2.32. The lowest BCUT2D eigenvalue weighted by Gasteiger charge is -2.23. The van der Waals surface area contributed by atoms with Crippen molar-refractivity contribution in [2.45, 2.75) is 44.9 Å². The SMILES string of the molecule is Cc1cnc(N)c(C2CCCCCC2C(=O)O)c1. The second-order valence-corrected chi connectivity index (χ2v) is 5.18. The third-order valence-electron chi connectivity index (χ3n) is 3.82. The largest absolute Gasteiger partial charge is 0.481 e. The highest BCUT2D eigenvalue weighted by molar-refractivity contribution is 5.72. The molecule has 1 aromatic heterocycles. The summed E-state index contributed by atoms with van der Waals surface area (Å²) in [6.45, 7) is 1.96. The Bertz CT molecular complexity index is 445. The van der Waals surface area contributed by atoms with E-state index in [1.54, 1.807) is 6.20 Å². The molecule has 0 radical (unpaired) electrons. The van der Waals surface area contributed by atoms with Gasteiger partial charge in [-0.15, -0.1) is 0 Å². The maximum Gasteiger partial charge on any atom is 0.307 e. The third kappa shape index (κ3) is 2.63. The van der Waals surface area contributed by atoms with Crippen LogP contribution in [0.15, 0.2) is 12.3 Å². The predicted molar refractivity (Wildman–Crippen MR) is 70.3 cm³/mol. The van der Waals surface area contributed by atoms with Crippen LogP contribution in [0.3, 0.4) is 0 Å². The number of pyridine rings is 1. The van der Waals surface area contributed by atoms with Gasteiger partial charge in [0.2, 0.25) is 0 Å². The Morgan fingerprint density at radius 3 is 2.83 bits per heavy atom. The number of rotatable bonds is 2. The Kier molecular flexibility index (Phi) is 3.84. The van der Waals surface area contributed by atoms with Gasteiger partial charge in [-0.25, -0.2) is 4.98 Å². The standard InChI is InChI=1S/C14H20N2O2/c1-9-7-12(13(15)16-8-9)10-5-3-2-4-6-11(10)14(17)18/h7-8,10-11H,2-6H2,1H3,(H2,15,16)(H,17,18). The molecule has 2 rings (SSSR count). The van der Waals surface area contributed by atoms with Crippen LogP contribution in [0.2, 0.25) is 0 Å². The molecule has 1 aliphatic carbocycles. The molecular weight excluding hydrogens is 228 g/mol. The van der Waals surface area contributed by atoms with Gasteiger partial charge in [-0.3, -0.25) is 4.79 Å². The van der Waals surface area contributed by atoms with Crippen molar-refractivity contribution < 1.29 is 9.90 Å². The fourth-order valence-corrected chi connectivity index (χ4v) is 2.87. The van der Waals surface area contributed by atoms with E-state index in [0.29, 0.717) is 5.82 Å². The summed E-state index contributed by atoms with van der Waals surface area (Å²) >= 11 is 0. The maximum atomic E-state index is 11.4. The van der Waals surface area contributed by atoms with Crippen LogP contribution in [0.4, 0.5) is 5.82 Å². The summed E-state index contributed by atoms with van der Waals surface area (Å²) < 4.78 is 0. The van der Waals surface area contributed by atoms with E-state index in [0.717, 1.165) is 43.2 Å². The van der Waals surface area contributed by atoms with Crippen molar-refractivity contribution in [3.63, 3.8) is 0 Å². The molecule has 1 aliphatic rings. The van der Waals surface area contributed by atoms with Crippen LogP contribution in [0.1, 0.15) is 49.1 Å². The van der Waals surface area contributed by atoms with E-state index in [-0.39, 0.29) is 11.8 Å². The fraction of sp³-hybridized carbons (Fsp3) is 0.571. The summed E-state index contributed by atoms with van der Waals surface area (Å²) in [6, 6.07) is 1.99. The maximum absolute atomic E-state index is 11.4. The Labute approximate surface area is 107 Å². The molecule has 0 aromatic carbocycles. The Morgan fingerprint density at radius 2 is 2.11 bits per heavy atom. The molecule has 98 valence electrons. The van der Waals surface area contributed by atoms with Crippen molar-refractivity contribution >= 4 is 11.8 Å². The van der Waals surface area contributed by atoms with Gasteiger partial charge in [-0.05, 0) is 30.9 Å². The molecule has 1 aromatic rings. The lowest BCUT2D eigenvalue weighted by molar-refractivity contribution is -0.142. The zero-order valence-corrected chi connectivity index (χ0v) is 10.7. The summed E-state index contributed by atoms with van der Waals surface area (Å²) in [5.74, 6) is -0.530. The third-order valence-corrected chi connectivity index (χ3v) is 3.82. The van der Waals surface area contributed by atoms with E-state index >= 15 is 0 Å². The van der Waals surface area contributed by atoms with Crippen LogP contribution in [-0.2, 0) is 4.79 Å². The first-order valence-corrected chi connectivity index (χ1v) is 6.54. The van der Waals surface area contributed by atoms with Crippen LogP contribution in [-0.4, -0.2) is 16.1 Å². The van der Waals surface area contributed by atoms with Gasteiger partial charge in [0.15, 0.2) is 0 Å². The number of carboxylic acids is 1. The summed E-state index contributed by atoms with van der Waals surface area (Å²) in [4.78, 5) is 15.6. The molecule has 4 nitrogen and oxygen atoms in total. The Balaban J connectivity index is 2.37. The van der Waals surface area contributed by atoms with Gasteiger partial charge in [0.05, 0.1) is 5.92 Å². The molecule has 0 aliphatic heterocycles. The van der Waals surface area contributed by atoms with Crippen molar-refractivity contribution in [3.05, 3.63) is 23.4 Å². The van der Waals surface area contributed by atoms with Crippen LogP contribution in [0.25, 0.3) is 0 Å². The molecule has 0 saturated heterocycles. The van der Waals surface area contributed by atoms with Crippen molar-refractivity contribution in [2.75, 3.05) is 5.73 Å². The highest BCUT2D eigenvalue weighted by Crippen LogP contribution is 2.38. The van der Waals surface area contributed by atoms with E-state index in [2.05, 4.69) is 4.98 Å². The van der Waals surface area contributed by atoms with Crippen LogP contribution < -0.4 is 5.73 Å². The number of nitrogen functional groups attached to an aromatic ring is 1. The van der Waals surface area contributed by atoms with Gasteiger partial charge < -0.3 is 10.8 Å². The number of hydrogen-bond acceptors (Lipinski definition) is 3. The van der Waals surface area contributed by atoms with E-state index in [1.165, 1.54) is 0 Å². The fourth-order valence-electron chi connectivity index (χ4n) is 2.87. The Hall–Kier alpha value is -1.58. The zero-order chi connectivity index (χ0) is 13.1. The first-order chi connectivity index (χ1) is 8.59. The molecule has 1 saturated carbocycles. The van der Waals surface area contributed by atoms with Crippen molar-refractivity contribution in [1.82, 2.24) is 4.98 Å². The minimum Gasteiger partial charge on any atom is -0.481 e. The van der Waals surface area contributed by atoms with Crippen LogP contribution in [0, 0.1) is 12.8 Å². The number of nitrogens with two attached hydrogens (primary N) is 1. The predicted octanol–water partition coefficient (Wildman–Crippen LogP) is 2.72. The molecular formula is C14H20N2O2. The van der Waals surface area contributed by atoms with Crippen molar-refractivity contribution in [1.29, 1.82) is 0 Å². The molecule has 4 heteroatoms. The average molecular weight is 248 g/mol. The van der Waals surface area contributed by atoms with Crippen LogP contribution >= 0.6 is 0 Å². The minimum atomic E-state index is -0.706. The number of aryl methyl sites for hydroxylation is 1. The Morgan fingerprint density at radius 1 is 1.39 bits per heavy atom. The number of anilines is 1.